The molecule has 17 heavy (non-hydrogen) atoms. The first-order chi connectivity index (χ1) is 8.12. The van der Waals surface area contributed by atoms with Gasteiger partial charge in [-0.25, -0.2) is 0 Å². The zero-order valence-electron chi connectivity index (χ0n) is 11.1. The second kappa shape index (κ2) is 5.36. The number of carbonyl (C=O) groups is 1. The first kappa shape index (κ1) is 12.8. The number of rotatable bonds is 3. The SMILES string of the molecule is CN1CCCCC1CNC(=O)C1(C)CCCN1. The fraction of sp³-hybridized carbons (Fsp3) is 0.923. The lowest BCUT2D eigenvalue weighted by Crippen LogP contribution is -2.54. The minimum atomic E-state index is -0.326. The number of piperidine rings is 1. The lowest BCUT2D eigenvalue weighted by Gasteiger charge is -2.33. The number of hydrogen-bond acceptors (Lipinski definition) is 3. The van der Waals surface area contributed by atoms with E-state index >= 15 is 0 Å². The molecule has 2 unspecified atom stereocenters. The summed E-state index contributed by atoms with van der Waals surface area (Å²) in [7, 11) is 2.16. The van der Waals surface area contributed by atoms with E-state index in [1.807, 2.05) is 6.92 Å². The third-order valence-electron chi connectivity index (χ3n) is 4.29. The first-order valence-electron chi connectivity index (χ1n) is 6.85. The van der Waals surface area contributed by atoms with E-state index in [0.717, 1.165) is 32.5 Å². The summed E-state index contributed by atoms with van der Waals surface area (Å²) in [6, 6.07) is 0.526. The van der Waals surface area contributed by atoms with Crippen LogP contribution in [0.1, 0.15) is 39.0 Å². The van der Waals surface area contributed by atoms with Gasteiger partial charge in [0.1, 0.15) is 0 Å². The van der Waals surface area contributed by atoms with Gasteiger partial charge in [0.05, 0.1) is 5.54 Å². The number of hydrogen-bond donors (Lipinski definition) is 2. The minimum Gasteiger partial charge on any atom is -0.353 e. The Bertz CT molecular complexity index is 274. The fourth-order valence-corrected chi connectivity index (χ4v) is 2.90. The van der Waals surface area contributed by atoms with Gasteiger partial charge in [-0.2, -0.15) is 0 Å². The molecule has 1 amide bonds. The van der Waals surface area contributed by atoms with Crippen molar-refractivity contribution in [3.63, 3.8) is 0 Å². The monoisotopic (exact) mass is 239 g/mol. The number of nitrogens with zero attached hydrogens (tertiary/aromatic N) is 1. The summed E-state index contributed by atoms with van der Waals surface area (Å²) >= 11 is 0. The van der Waals surface area contributed by atoms with E-state index in [9.17, 15) is 4.79 Å². The average molecular weight is 239 g/mol. The van der Waals surface area contributed by atoms with Crippen LogP contribution in [0.15, 0.2) is 0 Å². The van der Waals surface area contributed by atoms with Crippen LogP contribution in [-0.2, 0) is 4.79 Å². The number of likely N-dealkylation sites (tertiary alicyclic amines) is 1. The molecule has 0 aromatic carbocycles. The highest BCUT2D eigenvalue weighted by Crippen LogP contribution is 2.19. The van der Waals surface area contributed by atoms with Gasteiger partial charge >= 0.3 is 0 Å². The van der Waals surface area contributed by atoms with Crippen LogP contribution in [-0.4, -0.2) is 49.1 Å². The second-order valence-corrected chi connectivity index (χ2v) is 5.70. The molecule has 4 nitrogen and oxygen atoms in total. The predicted octanol–water partition coefficient (Wildman–Crippen LogP) is 0.729. The van der Waals surface area contributed by atoms with Crippen molar-refractivity contribution in [3.05, 3.63) is 0 Å². The summed E-state index contributed by atoms with van der Waals surface area (Å²) in [5.74, 6) is 0.175. The number of amides is 1. The highest BCUT2D eigenvalue weighted by atomic mass is 16.2. The highest BCUT2D eigenvalue weighted by molar-refractivity contribution is 5.86. The smallest absolute Gasteiger partial charge is 0.240 e. The van der Waals surface area contributed by atoms with E-state index in [4.69, 9.17) is 0 Å². The highest BCUT2D eigenvalue weighted by Gasteiger charge is 2.36. The number of carbonyl (C=O) groups excluding carboxylic acids is 1. The molecule has 2 aliphatic heterocycles. The third kappa shape index (κ3) is 2.99. The van der Waals surface area contributed by atoms with Crippen LogP contribution in [0, 0.1) is 0 Å². The van der Waals surface area contributed by atoms with E-state index in [1.165, 1.54) is 19.3 Å². The van der Waals surface area contributed by atoms with Crippen LogP contribution in [0.25, 0.3) is 0 Å². The van der Waals surface area contributed by atoms with Gasteiger partial charge in [0.15, 0.2) is 0 Å². The molecule has 2 fully saturated rings. The molecule has 98 valence electrons. The second-order valence-electron chi connectivity index (χ2n) is 5.70. The largest absolute Gasteiger partial charge is 0.353 e. The van der Waals surface area contributed by atoms with E-state index in [1.54, 1.807) is 0 Å². The van der Waals surface area contributed by atoms with Crippen LogP contribution in [0.3, 0.4) is 0 Å². The number of likely N-dealkylation sites (N-methyl/N-ethyl adjacent to an activating group) is 1. The minimum absolute atomic E-state index is 0.175. The zero-order valence-corrected chi connectivity index (χ0v) is 11.1. The van der Waals surface area contributed by atoms with Crippen molar-refractivity contribution >= 4 is 5.91 Å². The molecular formula is C13H25N3O. The Hall–Kier alpha value is -0.610. The Morgan fingerprint density at radius 1 is 1.47 bits per heavy atom. The van der Waals surface area contributed by atoms with Crippen molar-refractivity contribution in [2.75, 3.05) is 26.7 Å². The maximum absolute atomic E-state index is 12.1. The topological polar surface area (TPSA) is 44.4 Å². The van der Waals surface area contributed by atoms with Crippen LogP contribution >= 0.6 is 0 Å². The summed E-state index contributed by atoms with van der Waals surface area (Å²) in [6.45, 7) is 4.94. The Labute approximate surface area is 104 Å². The zero-order chi connectivity index (χ0) is 12.3. The maximum Gasteiger partial charge on any atom is 0.240 e. The summed E-state index contributed by atoms with van der Waals surface area (Å²) in [5, 5.41) is 6.43. The molecule has 0 saturated carbocycles. The van der Waals surface area contributed by atoms with Gasteiger partial charge in [-0.05, 0) is 52.7 Å². The average Bonchev–Trinajstić information content (AvgIpc) is 2.76. The van der Waals surface area contributed by atoms with Gasteiger partial charge in [0.25, 0.3) is 0 Å². The summed E-state index contributed by atoms with van der Waals surface area (Å²) in [4.78, 5) is 14.5. The first-order valence-corrected chi connectivity index (χ1v) is 6.85. The summed E-state index contributed by atoms with van der Waals surface area (Å²) in [5.41, 5.74) is -0.326. The lowest BCUT2D eigenvalue weighted by molar-refractivity contribution is -0.126. The van der Waals surface area contributed by atoms with Crippen LogP contribution in [0.5, 0.6) is 0 Å². The van der Waals surface area contributed by atoms with E-state index in [-0.39, 0.29) is 11.4 Å². The van der Waals surface area contributed by atoms with Gasteiger partial charge in [0.2, 0.25) is 5.91 Å². The Balaban J connectivity index is 1.79. The molecule has 2 heterocycles. The van der Waals surface area contributed by atoms with Gasteiger partial charge in [-0.15, -0.1) is 0 Å². The molecule has 0 radical (unpaired) electrons. The quantitative estimate of drug-likeness (QED) is 0.763. The molecule has 2 saturated heterocycles. The predicted molar refractivity (Wildman–Crippen MR) is 68.9 cm³/mol. The lowest BCUT2D eigenvalue weighted by atomic mass is 9.98. The van der Waals surface area contributed by atoms with Crippen molar-refractivity contribution < 1.29 is 4.79 Å². The molecule has 0 bridgehead atoms. The summed E-state index contributed by atoms with van der Waals surface area (Å²) in [6.07, 6.45) is 5.86. The Morgan fingerprint density at radius 3 is 2.94 bits per heavy atom. The molecule has 0 aromatic rings. The third-order valence-corrected chi connectivity index (χ3v) is 4.29. The van der Waals surface area contributed by atoms with Crippen molar-refractivity contribution in [2.24, 2.45) is 0 Å². The van der Waals surface area contributed by atoms with Crippen molar-refractivity contribution in [3.8, 4) is 0 Å². The van der Waals surface area contributed by atoms with Crippen molar-refractivity contribution in [1.82, 2.24) is 15.5 Å². The molecule has 0 aromatic heterocycles. The van der Waals surface area contributed by atoms with Gasteiger partial charge in [0, 0.05) is 12.6 Å². The maximum atomic E-state index is 12.1. The normalized spacial score (nSPS) is 34.8. The van der Waals surface area contributed by atoms with Gasteiger partial charge in [-0.1, -0.05) is 6.42 Å². The molecule has 4 heteroatoms. The van der Waals surface area contributed by atoms with Crippen LogP contribution in [0.2, 0.25) is 0 Å². The standard InChI is InChI=1S/C13H25N3O/c1-13(7-5-8-15-13)12(17)14-10-11-6-3-4-9-16(11)2/h11,15H,3-10H2,1-2H3,(H,14,17). The molecule has 2 N–H and O–H groups in total. The van der Waals surface area contributed by atoms with E-state index < -0.39 is 0 Å². The van der Waals surface area contributed by atoms with E-state index in [2.05, 4.69) is 22.6 Å². The molecular weight excluding hydrogens is 214 g/mol. The Kier molecular flexibility index (Phi) is 4.05. The number of nitrogens with one attached hydrogen (secondary N) is 2. The Morgan fingerprint density at radius 2 is 2.29 bits per heavy atom. The van der Waals surface area contributed by atoms with Crippen molar-refractivity contribution in [1.29, 1.82) is 0 Å². The van der Waals surface area contributed by atoms with E-state index in [0.29, 0.717) is 6.04 Å². The molecule has 2 atom stereocenters. The molecule has 2 aliphatic rings. The molecule has 0 spiro atoms. The summed E-state index contributed by atoms with van der Waals surface area (Å²) < 4.78 is 0. The molecule has 0 aliphatic carbocycles. The fourth-order valence-electron chi connectivity index (χ4n) is 2.90. The van der Waals surface area contributed by atoms with Crippen LogP contribution < -0.4 is 10.6 Å². The van der Waals surface area contributed by atoms with Gasteiger partial charge in [-0.3, -0.25) is 4.79 Å². The molecule has 2 rings (SSSR count). The van der Waals surface area contributed by atoms with Crippen LogP contribution in [0.4, 0.5) is 0 Å². The van der Waals surface area contributed by atoms with Crippen molar-refractivity contribution in [2.45, 2.75) is 50.6 Å². The van der Waals surface area contributed by atoms with Gasteiger partial charge < -0.3 is 15.5 Å².